The maximum absolute atomic E-state index is 12.3. The predicted octanol–water partition coefficient (Wildman–Crippen LogP) is 0.489. The van der Waals surface area contributed by atoms with E-state index in [2.05, 4.69) is 5.32 Å². The lowest BCUT2D eigenvalue weighted by atomic mass is 9.94. The summed E-state index contributed by atoms with van der Waals surface area (Å²) < 4.78 is 0. The largest absolute Gasteiger partial charge is 0.355 e. The maximum Gasteiger partial charge on any atom is 0.239 e. The van der Waals surface area contributed by atoms with Crippen molar-refractivity contribution >= 4 is 11.8 Å². The summed E-state index contributed by atoms with van der Waals surface area (Å²) >= 11 is 0. The van der Waals surface area contributed by atoms with Crippen molar-refractivity contribution in [1.29, 1.82) is 0 Å². The minimum atomic E-state index is -0.119. The molecule has 0 spiro atoms. The zero-order valence-corrected chi connectivity index (χ0v) is 11.4. The van der Waals surface area contributed by atoms with Crippen LogP contribution < -0.4 is 11.1 Å². The summed E-state index contributed by atoms with van der Waals surface area (Å²) in [5, 5.41) is 2.69. The van der Waals surface area contributed by atoms with Gasteiger partial charge in [0, 0.05) is 19.6 Å². The number of hydrogen-bond donors (Lipinski definition) is 2. The third kappa shape index (κ3) is 4.29. The van der Waals surface area contributed by atoms with Gasteiger partial charge in [-0.2, -0.15) is 0 Å². The molecule has 0 aromatic rings. The first-order valence-electron chi connectivity index (χ1n) is 6.83. The van der Waals surface area contributed by atoms with Gasteiger partial charge in [-0.25, -0.2) is 0 Å². The van der Waals surface area contributed by atoms with Gasteiger partial charge in [0.25, 0.3) is 0 Å². The van der Waals surface area contributed by atoms with Crippen LogP contribution >= 0.6 is 0 Å². The minimum absolute atomic E-state index is 0.00986. The Bertz CT molecular complexity index is 294. The normalized spacial score (nSPS) is 24.2. The van der Waals surface area contributed by atoms with E-state index in [0.717, 1.165) is 32.1 Å². The zero-order chi connectivity index (χ0) is 13.5. The number of likely N-dealkylation sites (N-methyl/N-ethyl adjacent to an activating group) is 2. The monoisotopic (exact) mass is 255 g/mol. The number of nitrogens with zero attached hydrogens (tertiary/aromatic N) is 1. The number of rotatable bonds is 4. The number of amides is 2. The van der Waals surface area contributed by atoms with Gasteiger partial charge in [-0.3, -0.25) is 9.59 Å². The van der Waals surface area contributed by atoms with Gasteiger partial charge in [0.1, 0.15) is 0 Å². The van der Waals surface area contributed by atoms with Crippen LogP contribution in [0.2, 0.25) is 0 Å². The Morgan fingerprint density at radius 1 is 1.28 bits per heavy atom. The fourth-order valence-corrected chi connectivity index (χ4v) is 2.47. The number of carbonyl (C=O) groups excluding carboxylic acids is 2. The molecule has 0 aromatic carbocycles. The van der Waals surface area contributed by atoms with Gasteiger partial charge in [-0.05, 0) is 19.8 Å². The molecule has 0 saturated heterocycles. The molecule has 0 bridgehead atoms. The highest BCUT2D eigenvalue weighted by Gasteiger charge is 2.29. The van der Waals surface area contributed by atoms with Crippen LogP contribution in [0.25, 0.3) is 0 Å². The van der Waals surface area contributed by atoms with E-state index in [0.29, 0.717) is 6.54 Å². The molecule has 1 aliphatic carbocycles. The highest BCUT2D eigenvalue weighted by molar-refractivity contribution is 5.86. The van der Waals surface area contributed by atoms with E-state index in [1.54, 1.807) is 7.05 Å². The molecule has 18 heavy (non-hydrogen) atoms. The Balaban J connectivity index is 2.53. The number of nitrogens with two attached hydrogens (primary N) is 1. The van der Waals surface area contributed by atoms with Crippen LogP contribution in [0.15, 0.2) is 0 Å². The Morgan fingerprint density at radius 2 is 1.94 bits per heavy atom. The second-order valence-corrected chi connectivity index (χ2v) is 5.06. The summed E-state index contributed by atoms with van der Waals surface area (Å²) in [6.45, 7) is 2.57. The molecule has 0 aromatic heterocycles. The Kier molecular flexibility index (Phi) is 6.12. The van der Waals surface area contributed by atoms with Gasteiger partial charge in [0.05, 0.1) is 12.5 Å². The van der Waals surface area contributed by atoms with Gasteiger partial charge >= 0.3 is 0 Å². The van der Waals surface area contributed by atoms with Crippen LogP contribution in [0, 0.1) is 5.92 Å². The van der Waals surface area contributed by atoms with Crippen LogP contribution in [0.1, 0.15) is 39.0 Å². The zero-order valence-electron chi connectivity index (χ0n) is 11.4. The van der Waals surface area contributed by atoms with Crippen molar-refractivity contribution < 1.29 is 9.59 Å². The lowest BCUT2D eigenvalue weighted by Crippen LogP contribution is -2.45. The molecule has 1 rings (SSSR count). The summed E-state index contributed by atoms with van der Waals surface area (Å²) in [7, 11) is 1.68. The molecule has 1 saturated carbocycles. The molecule has 5 nitrogen and oxygen atoms in total. The first-order chi connectivity index (χ1) is 8.56. The van der Waals surface area contributed by atoms with Crippen LogP contribution in [0.3, 0.4) is 0 Å². The van der Waals surface area contributed by atoms with Crippen LogP contribution in [0.4, 0.5) is 0 Å². The molecule has 0 radical (unpaired) electrons. The quantitative estimate of drug-likeness (QED) is 0.718. The van der Waals surface area contributed by atoms with Crippen molar-refractivity contribution in [2.24, 2.45) is 11.7 Å². The molecule has 3 N–H and O–H groups in total. The Hall–Kier alpha value is -1.10. The molecule has 1 fully saturated rings. The summed E-state index contributed by atoms with van der Waals surface area (Å²) in [5.74, 6) is -0.224. The second kappa shape index (κ2) is 7.36. The number of hydrogen-bond acceptors (Lipinski definition) is 3. The van der Waals surface area contributed by atoms with Crippen LogP contribution in [0.5, 0.6) is 0 Å². The highest BCUT2D eigenvalue weighted by Crippen LogP contribution is 2.23. The lowest BCUT2D eigenvalue weighted by Gasteiger charge is -2.26. The van der Waals surface area contributed by atoms with E-state index in [4.69, 9.17) is 5.73 Å². The van der Waals surface area contributed by atoms with Crippen molar-refractivity contribution in [1.82, 2.24) is 10.2 Å². The maximum atomic E-state index is 12.3. The first-order valence-corrected chi connectivity index (χ1v) is 6.83. The SMILES string of the molecule is CCNC(=O)CN(C)C(=O)C1CCCCCC1N. The Morgan fingerprint density at radius 3 is 2.61 bits per heavy atom. The molecule has 0 aliphatic heterocycles. The molecular formula is C13H25N3O2. The van der Waals surface area contributed by atoms with E-state index in [9.17, 15) is 9.59 Å². The van der Waals surface area contributed by atoms with E-state index in [1.165, 1.54) is 4.90 Å². The smallest absolute Gasteiger partial charge is 0.239 e. The molecule has 1 aliphatic rings. The number of carbonyl (C=O) groups is 2. The third-order valence-corrected chi connectivity index (χ3v) is 3.52. The van der Waals surface area contributed by atoms with E-state index in [1.807, 2.05) is 6.92 Å². The fraction of sp³-hybridized carbons (Fsp3) is 0.846. The summed E-state index contributed by atoms with van der Waals surface area (Å²) in [6.07, 6.45) is 5.06. The minimum Gasteiger partial charge on any atom is -0.355 e. The van der Waals surface area contributed by atoms with Crippen molar-refractivity contribution in [3.8, 4) is 0 Å². The topological polar surface area (TPSA) is 75.4 Å². The average Bonchev–Trinajstić information content (AvgIpc) is 2.53. The molecule has 2 atom stereocenters. The molecule has 2 amide bonds. The van der Waals surface area contributed by atoms with Crippen LogP contribution in [-0.4, -0.2) is 42.9 Å². The van der Waals surface area contributed by atoms with Gasteiger partial charge < -0.3 is 16.0 Å². The van der Waals surface area contributed by atoms with Gasteiger partial charge in [-0.1, -0.05) is 19.3 Å². The summed E-state index contributed by atoms with van der Waals surface area (Å²) in [5.41, 5.74) is 6.06. The van der Waals surface area contributed by atoms with Crippen molar-refractivity contribution in [2.75, 3.05) is 20.1 Å². The van der Waals surface area contributed by atoms with E-state index < -0.39 is 0 Å². The molecule has 0 heterocycles. The lowest BCUT2D eigenvalue weighted by molar-refractivity contribution is -0.138. The van der Waals surface area contributed by atoms with E-state index >= 15 is 0 Å². The Labute approximate surface area is 109 Å². The van der Waals surface area contributed by atoms with Gasteiger partial charge in [0.2, 0.25) is 11.8 Å². The van der Waals surface area contributed by atoms with Crippen LogP contribution in [-0.2, 0) is 9.59 Å². The second-order valence-electron chi connectivity index (χ2n) is 5.06. The van der Waals surface area contributed by atoms with Crippen molar-refractivity contribution in [2.45, 2.75) is 45.1 Å². The summed E-state index contributed by atoms with van der Waals surface area (Å²) in [4.78, 5) is 25.2. The van der Waals surface area contributed by atoms with Gasteiger partial charge in [-0.15, -0.1) is 0 Å². The third-order valence-electron chi connectivity index (χ3n) is 3.52. The molecule has 104 valence electrons. The average molecular weight is 255 g/mol. The predicted molar refractivity (Wildman–Crippen MR) is 70.9 cm³/mol. The number of nitrogens with one attached hydrogen (secondary N) is 1. The van der Waals surface area contributed by atoms with Crippen molar-refractivity contribution in [3.05, 3.63) is 0 Å². The summed E-state index contributed by atoms with van der Waals surface area (Å²) in [6, 6.07) is -0.0586. The standard InChI is InChI=1S/C13H25N3O2/c1-3-15-12(17)9-16(2)13(18)10-7-5-4-6-8-11(10)14/h10-11H,3-9,14H2,1-2H3,(H,15,17). The molecular weight excluding hydrogens is 230 g/mol. The molecule has 2 unspecified atom stereocenters. The fourth-order valence-electron chi connectivity index (χ4n) is 2.47. The van der Waals surface area contributed by atoms with Crippen molar-refractivity contribution in [3.63, 3.8) is 0 Å². The van der Waals surface area contributed by atoms with Gasteiger partial charge in [0.15, 0.2) is 0 Å². The first kappa shape index (κ1) is 15.0. The molecule has 5 heteroatoms. The highest BCUT2D eigenvalue weighted by atomic mass is 16.2. The van der Waals surface area contributed by atoms with E-state index in [-0.39, 0.29) is 30.3 Å².